The molecule has 5 heteroatoms. The van der Waals surface area contributed by atoms with E-state index in [1.165, 1.54) is 11.1 Å². The summed E-state index contributed by atoms with van der Waals surface area (Å²) in [6, 6.07) is 28.4. The van der Waals surface area contributed by atoms with Crippen LogP contribution in [-0.2, 0) is 11.0 Å². The van der Waals surface area contributed by atoms with E-state index in [1.54, 1.807) is 7.11 Å². The highest BCUT2D eigenvalue weighted by molar-refractivity contribution is 5.85. The molecule has 1 aliphatic heterocycles. The number of ether oxygens (including phenoxy) is 1. The van der Waals surface area contributed by atoms with Crippen molar-refractivity contribution >= 4 is 12.4 Å². The van der Waals surface area contributed by atoms with Gasteiger partial charge in [0.2, 0.25) is 0 Å². The van der Waals surface area contributed by atoms with Crippen molar-refractivity contribution < 1.29 is 14.9 Å². The van der Waals surface area contributed by atoms with Gasteiger partial charge in [-0.25, -0.2) is 0 Å². The second-order valence-corrected chi connectivity index (χ2v) is 8.82. The third-order valence-corrected chi connectivity index (χ3v) is 7.55. The normalized spacial score (nSPS) is 28.4. The van der Waals surface area contributed by atoms with Crippen molar-refractivity contribution in [3.8, 4) is 5.75 Å². The zero-order valence-corrected chi connectivity index (χ0v) is 19.0. The van der Waals surface area contributed by atoms with Crippen molar-refractivity contribution in [1.82, 2.24) is 5.32 Å². The number of hydrogen-bond acceptors (Lipinski definition) is 4. The minimum Gasteiger partial charge on any atom is -0.496 e. The molecule has 168 valence electrons. The first-order valence-electron chi connectivity index (χ1n) is 11.0. The van der Waals surface area contributed by atoms with Crippen molar-refractivity contribution in [3.63, 3.8) is 0 Å². The summed E-state index contributed by atoms with van der Waals surface area (Å²) in [4.78, 5) is 0. The van der Waals surface area contributed by atoms with Gasteiger partial charge in [0.25, 0.3) is 0 Å². The van der Waals surface area contributed by atoms with E-state index in [0.717, 1.165) is 6.54 Å². The Labute approximate surface area is 195 Å². The fraction of sp³-hybridized carbons (Fsp3) is 0.333. The molecular formula is C27H30ClNO3. The quantitative estimate of drug-likeness (QED) is 0.563. The molecule has 4 nitrogen and oxygen atoms in total. The molecule has 0 spiro atoms. The van der Waals surface area contributed by atoms with Crippen LogP contribution in [0.15, 0.2) is 84.9 Å². The lowest BCUT2D eigenvalue weighted by atomic mass is 9.51. The topological polar surface area (TPSA) is 61.7 Å². The maximum atomic E-state index is 12.1. The summed E-state index contributed by atoms with van der Waals surface area (Å²) < 4.78 is 5.59. The highest BCUT2D eigenvalue weighted by Gasteiger charge is 2.63. The van der Waals surface area contributed by atoms with E-state index in [2.05, 4.69) is 53.8 Å². The first kappa shape index (κ1) is 22.8. The third kappa shape index (κ3) is 3.25. The summed E-state index contributed by atoms with van der Waals surface area (Å²) in [5, 5.41) is 27.4. The van der Waals surface area contributed by atoms with Crippen molar-refractivity contribution in [3.05, 3.63) is 102 Å². The van der Waals surface area contributed by atoms with E-state index in [0.29, 0.717) is 24.3 Å². The van der Waals surface area contributed by atoms with Gasteiger partial charge >= 0.3 is 0 Å². The molecule has 0 amide bonds. The van der Waals surface area contributed by atoms with Gasteiger partial charge in [0.1, 0.15) is 11.4 Å². The molecule has 32 heavy (non-hydrogen) atoms. The fourth-order valence-electron chi connectivity index (χ4n) is 6.17. The molecule has 0 bridgehead atoms. The highest BCUT2D eigenvalue weighted by Crippen LogP contribution is 2.58. The van der Waals surface area contributed by atoms with Crippen molar-refractivity contribution in [2.45, 2.75) is 23.5 Å². The molecule has 1 saturated carbocycles. The van der Waals surface area contributed by atoms with Gasteiger partial charge in [-0.05, 0) is 36.1 Å². The maximum absolute atomic E-state index is 12.1. The first-order valence-corrected chi connectivity index (χ1v) is 11.0. The Kier molecular flexibility index (Phi) is 6.33. The van der Waals surface area contributed by atoms with Gasteiger partial charge in [0, 0.05) is 23.4 Å². The second kappa shape index (κ2) is 8.87. The van der Waals surface area contributed by atoms with Gasteiger partial charge in [-0.15, -0.1) is 12.4 Å². The number of para-hydroxylation sites is 1. The zero-order valence-electron chi connectivity index (χ0n) is 18.1. The Morgan fingerprint density at radius 1 is 0.812 bits per heavy atom. The molecule has 4 unspecified atom stereocenters. The van der Waals surface area contributed by atoms with Crippen LogP contribution in [0, 0.1) is 11.8 Å². The third-order valence-electron chi connectivity index (χ3n) is 7.55. The predicted octanol–water partition coefficient (Wildman–Crippen LogP) is 3.89. The van der Waals surface area contributed by atoms with Crippen LogP contribution < -0.4 is 10.1 Å². The van der Waals surface area contributed by atoms with Gasteiger partial charge in [-0.3, -0.25) is 0 Å². The Hall–Kier alpha value is -2.37. The highest BCUT2D eigenvalue weighted by atomic mass is 35.5. The number of nitrogens with one attached hydrogen (secondary N) is 1. The number of benzene rings is 3. The van der Waals surface area contributed by atoms with Crippen LogP contribution in [-0.4, -0.2) is 36.5 Å². The van der Waals surface area contributed by atoms with E-state index in [-0.39, 0.29) is 24.2 Å². The minimum absolute atomic E-state index is 0. The zero-order chi connectivity index (χ0) is 21.5. The van der Waals surface area contributed by atoms with E-state index in [9.17, 15) is 10.2 Å². The molecule has 0 radical (unpaired) electrons. The van der Waals surface area contributed by atoms with Gasteiger partial charge in [0.05, 0.1) is 13.2 Å². The number of hydrogen-bond donors (Lipinski definition) is 3. The Balaban J connectivity index is 0.00000245. The van der Waals surface area contributed by atoms with E-state index in [4.69, 9.17) is 4.74 Å². The Morgan fingerprint density at radius 3 is 1.94 bits per heavy atom. The van der Waals surface area contributed by atoms with Crippen LogP contribution in [0.1, 0.15) is 23.1 Å². The van der Waals surface area contributed by atoms with Gasteiger partial charge in [-0.1, -0.05) is 78.9 Å². The Morgan fingerprint density at radius 2 is 1.34 bits per heavy atom. The van der Waals surface area contributed by atoms with Crippen LogP contribution in [0.2, 0.25) is 0 Å². The second-order valence-electron chi connectivity index (χ2n) is 8.82. The lowest BCUT2D eigenvalue weighted by molar-refractivity contribution is -0.167. The van der Waals surface area contributed by atoms with Crippen molar-refractivity contribution in [1.29, 1.82) is 0 Å². The SMILES string of the molecule is COc1ccccc1C1(O)C(O)CC(c2ccccc2)(c2ccccc2)C2CNCC21.Cl. The largest absolute Gasteiger partial charge is 0.496 e. The molecule has 2 fully saturated rings. The molecular weight excluding hydrogens is 422 g/mol. The number of fused-ring (bicyclic) bond motifs is 1. The summed E-state index contributed by atoms with van der Waals surface area (Å²) in [5.41, 5.74) is 1.23. The molecule has 5 rings (SSSR count). The summed E-state index contributed by atoms with van der Waals surface area (Å²) in [6.45, 7) is 1.41. The van der Waals surface area contributed by atoms with Gasteiger partial charge in [0.15, 0.2) is 0 Å². The van der Waals surface area contributed by atoms with Gasteiger partial charge in [-0.2, -0.15) is 0 Å². The van der Waals surface area contributed by atoms with E-state index in [1.807, 2.05) is 36.4 Å². The van der Waals surface area contributed by atoms with Crippen molar-refractivity contribution in [2.24, 2.45) is 11.8 Å². The molecule has 1 heterocycles. The molecule has 2 aliphatic rings. The molecule has 4 atom stereocenters. The van der Waals surface area contributed by atoms with Crippen LogP contribution in [0.4, 0.5) is 0 Å². The molecule has 1 aliphatic carbocycles. The standard InChI is InChI=1S/C27H29NO3.ClH/c1-31-24-15-9-8-14-21(24)27(30)23-18-28-17-22(23)26(16-25(27)29,19-10-4-2-5-11-19)20-12-6-3-7-13-20;/h2-15,22-23,25,28-30H,16-18H2,1H3;1H. The smallest absolute Gasteiger partial charge is 0.125 e. The lowest BCUT2D eigenvalue weighted by Gasteiger charge is -2.55. The molecule has 1 saturated heterocycles. The lowest BCUT2D eigenvalue weighted by Crippen LogP contribution is -2.60. The van der Waals surface area contributed by atoms with E-state index >= 15 is 0 Å². The predicted molar refractivity (Wildman–Crippen MR) is 128 cm³/mol. The maximum Gasteiger partial charge on any atom is 0.125 e. The summed E-state index contributed by atoms with van der Waals surface area (Å²) in [7, 11) is 1.61. The number of aliphatic hydroxyl groups is 2. The first-order chi connectivity index (χ1) is 15.1. The van der Waals surface area contributed by atoms with Crippen LogP contribution in [0.3, 0.4) is 0 Å². The minimum atomic E-state index is -1.40. The number of methoxy groups -OCH3 is 1. The van der Waals surface area contributed by atoms with Crippen LogP contribution >= 0.6 is 12.4 Å². The number of halogens is 1. The monoisotopic (exact) mass is 451 g/mol. The number of aliphatic hydroxyl groups excluding tert-OH is 1. The average molecular weight is 452 g/mol. The molecule has 3 N–H and O–H groups in total. The molecule has 3 aromatic carbocycles. The Bertz CT molecular complexity index is 1010. The molecule has 3 aromatic rings. The van der Waals surface area contributed by atoms with Crippen LogP contribution in [0.5, 0.6) is 5.75 Å². The average Bonchev–Trinajstić information content (AvgIpc) is 3.34. The fourth-order valence-corrected chi connectivity index (χ4v) is 6.17. The van der Waals surface area contributed by atoms with Crippen molar-refractivity contribution in [2.75, 3.05) is 20.2 Å². The van der Waals surface area contributed by atoms with Crippen LogP contribution in [0.25, 0.3) is 0 Å². The summed E-state index contributed by atoms with van der Waals surface area (Å²) in [5.74, 6) is 0.546. The summed E-state index contributed by atoms with van der Waals surface area (Å²) in [6.07, 6.45) is -0.524. The summed E-state index contributed by atoms with van der Waals surface area (Å²) >= 11 is 0. The van der Waals surface area contributed by atoms with E-state index < -0.39 is 17.1 Å². The number of rotatable bonds is 4. The van der Waals surface area contributed by atoms with Gasteiger partial charge < -0.3 is 20.3 Å². The molecule has 0 aromatic heterocycles.